The molecule has 0 N–H and O–H groups in total. The Morgan fingerprint density at radius 1 is 1.20 bits per heavy atom. The molecule has 0 radical (unpaired) electrons. The Labute approximate surface area is 112 Å². The molecule has 2 aromatic heterocycles. The van der Waals surface area contributed by atoms with E-state index < -0.39 is 6.03 Å². The average Bonchev–Trinajstić information content (AvgIpc) is 3.16. The molecule has 2 heterocycles. The summed E-state index contributed by atoms with van der Waals surface area (Å²) in [6, 6.07) is 10.3. The summed E-state index contributed by atoms with van der Waals surface area (Å²) >= 11 is 0. The SMILES string of the molecule is N#Cc1nnn(C(=O)n2ccnn2)c1-c1ccccc1. The van der Waals surface area contributed by atoms with E-state index in [0.29, 0.717) is 11.3 Å². The zero-order chi connectivity index (χ0) is 13.9. The minimum atomic E-state index is -0.560. The highest BCUT2D eigenvalue weighted by atomic mass is 16.2. The topological polar surface area (TPSA) is 102 Å². The van der Waals surface area contributed by atoms with Gasteiger partial charge in [0.15, 0.2) is 5.69 Å². The first kappa shape index (κ1) is 11.7. The molecule has 20 heavy (non-hydrogen) atoms. The molecule has 0 aliphatic carbocycles. The minimum Gasteiger partial charge on any atom is -0.243 e. The Bertz CT molecular complexity index is 783. The Balaban J connectivity index is 2.17. The van der Waals surface area contributed by atoms with Crippen LogP contribution < -0.4 is 0 Å². The predicted molar refractivity (Wildman–Crippen MR) is 66.4 cm³/mol. The molecule has 0 bridgehead atoms. The van der Waals surface area contributed by atoms with Gasteiger partial charge in [-0.1, -0.05) is 40.8 Å². The third-order valence-electron chi connectivity index (χ3n) is 2.62. The molecule has 0 aliphatic heterocycles. The van der Waals surface area contributed by atoms with Crippen LogP contribution in [0.4, 0.5) is 4.79 Å². The highest BCUT2D eigenvalue weighted by molar-refractivity contribution is 5.83. The molecular formula is C12H7N7O. The van der Waals surface area contributed by atoms with Gasteiger partial charge in [-0.2, -0.15) is 14.6 Å². The number of carbonyl (C=O) groups is 1. The summed E-state index contributed by atoms with van der Waals surface area (Å²) in [6.07, 6.45) is 2.77. The van der Waals surface area contributed by atoms with Crippen LogP contribution in [0.25, 0.3) is 11.3 Å². The Morgan fingerprint density at radius 2 is 2.00 bits per heavy atom. The predicted octanol–water partition coefficient (Wildman–Crippen LogP) is 0.925. The standard InChI is InChI=1S/C12H7N7O/c13-8-10-11(9-4-2-1-3-5-9)19(17-15-10)12(20)18-7-6-14-16-18/h1-7H. The maximum Gasteiger partial charge on any atom is 0.372 e. The number of aromatic nitrogens is 6. The van der Waals surface area contributed by atoms with Gasteiger partial charge in [0.25, 0.3) is 0 Å². The normalized spacial score (nSPS) is 10.2. The number of rotatable bonds is 1. The van der Waals surface area contributed by atoms with Gasteiger partial charge in [-0.25, -0.2) is 4.79 Å². The van der Waals surface area contributed by atoms with Gasteiger partial charge >= 0.3 is 6.03 Å². The number of carbonyl (C=O) groups excluding carboxylic acids is 1. The van der Waals surface area contributed by atoms with Gasteiger partial charge in [0.1, 0.15) is 11.8 Å². The first-order valence-electron chi connectivity index (χ1n) is 5.63. The largest absolute Gasteiger partial charge is 0.372 e. The van der Waals surface area contributed by atoms with Crippen LogP contribution in [-0.4, -0.2) is 36.0 Å². The van der Waals surface area contributed by atoms with Crippen molar-refractivity contribution in [3.05, 3.63) is 48.4 Å². The maximum atomic E-state index is 12.2. The third kappa shape index (κ3) is 1.83. The van der Waals surface area contributed by atoms with Crippen LogP contribution in [0.2, 0.25) is 0 Å². The molecular weight excluding hydrogens is 258 g/mol. The molecule has 0 fully saturated rings. The Kier molecular flexibility index (Phi) is 2.78. The quantitative estimate of drug-likeness (QED) is 0.648. The summed E-state index contributed by atoms with van der Waals surface area (Å²) < 4.78 is 2.05. The van der Waals surface area contributed by atoms with Crippen LogP contribution in [0.5, 0.6) is 0 Å². The van der Waals surface area contributed by atoms with Crippen molar-refractivity contribution in [2.24, 2.45) is 0 Å². The monoisotopic (exact) mass is 265 g/mol. The van der Waals surface area contributed by atoms with Crippen LogP contribution in [0.1, 0.15) is 5.69 Å². The Hall–Kier alpha value is -3.34. The second-order valence-electron chi connectivity index (χ2n) is 3.81. The van der Waals surface area contributed by atoms with E-state index in [0.717, 1.165) is 9.36 Å². The van der Waals surface area contributed by atoms with E-state index in [9.17, 15) is 4.79 Å². The van der Waals surface area contributed by atoms with E-state index in [1.165, 1.54) is 12.4 Å². The number of hydrogen-bond donors (Lipinski definition) is 0. The number of nitriles is 1. The van der Waals surface area contributed by atoms with Crippen LogP contribution in [0.3, 0.4) is 0 Å². The van der Waals surface area contributed by atoms with E-state index in [1.807, 2.05) is 12.1 Å². The van der Waals surface area contributed by atoms with Crippen molar-refractivity contribution in [3.8, 4) is 17.3 Å². The lowest BCUT2D eigenvalue weighted by Gasteiger charge is -2.04. The summed E-state index contributed by atoms with van der Waals surface area (Å²) in [5.74, 6) is 0. The molecule has 8 nitrogen and oxygen atoms in total. The van der Waals surface area contributed by atoms with Gasteiger partial charge < -0.3 is 0 Å². The van der Waals surface area contributed by atoms with Crippen molar-refractivity contribution in [2.45, 2.75) is 0 Å². The lowest BCUT2D eigenvalue weighted by Crippen LogP contribution is -2.22. The first-order chi connectivity index (χ1) is 9.81. The zero-order valence-corrected chi connectivity index (χ0v) is 10.1. The van der Waals surface area contributed by atoms with Crippen LogP contribution in [0.15, 0.2) is 42.7 Å². The van der Waals surface area contributed by atoms with Gasteiger partial charge in [-0.15, -0.1) is 10.2 Å². The lowest BCUT2D eigenvalue weighted by molar-refractivity contribution is 0.237. The maximum absolute atomic E-state index is 12.2. The fraction of sp³-hybridized carbons (Fsp3) is 0. The second kappa shape index (κ2) is 4.74. The zero-order valence-electron chi connectivity index (χ0n) is 10.1. The summed E-state index contributed by atoms with van der Waals surface area (Å²) in [4.78, 5) is 12.2. The van der Waals surface area contributed by atoms with Gasteiger partial charge in [-0.3, -0.25) is 0 Å². The number of hydrogen-bond acceptors (Lipinski definition) is 6. The molecule has 0 unspecified atom stereocenters. The van der Waals surface area contributed by atoms with Crippen molar-refractivity contribution in [2.75, 3.05) is 0 Å². The van der Waals surface area contributed by atoms with E-state index >= 15 is 0 Å². The van der Waals surface area contributed by atoms with Crippen LogP contribution in [0, 0.1) is 11.3 Å². The molecule has 8 heteroatoms. The van der Waals surface area contributed by atoms with E-state index in [-0.39, 0.29) is 5.69 Å². The molecule has 3 aromatic rings. The summed E-state index contributed by atoms with van der Waals surface area (Å²) in [5.41, 5.74) is 1.07. The number of nitrogens with zero attached hydrogens (tertiary/aromatic N) is 7. The molecule has 0 atom stereocenters. The smallest absolute Gasteiger partial charge is 0.243 e. The summed E-state index contributed by atoms with van der Waals surface area (Å²) in [6.45, 7) is 0. The molecule has 0 saturated carbocycles. The van der Waals surface area contributed by atoms with Crippen LogP contribution in [-0.2, 0) is 0 Å². The van der Waals surface area contributed by atoms with E-state index in [4.69, 9.17) is 5.26 Å². The molecule has 0 saturated heterocycles. The highest BCUT2D eigenvalue weighted by Gasteiger charge is 2.21. The van der Waals surface area contributed by atoms with Crippen molar-refractivity contribution >= 4 is 6.03 Å². The summed E-state index contributed by atoms with van der Waals surface area (Å²) in [5, 5.41) is 23.7. The van der Waals surface area contributed by atoms with Gasteiger partial charge in [0.05, 0.1) is 12.4 Å². The Morgan fingerprint density at radius 3 is 2.65 bits per heavy atom. The van der Waals surface area contributed by atoms with Gasteiger partial charge in [0, 0.05) is 5.56 Å². The van der Waals surface area contributed by atoms with Crippen LogP contribution >= 0.6 is 0 Å². The second-order valence-corrected chi connectivity index (χ2v) is 3.81. The molecule has 0 spiro atoms. The summed E-state index contributed by atoms with van der Waals surface area (Å²) in [7, 11) is 0. The highest BCUT2D eigenvalue weighted by Crippen LogP contribution is 2.21. The fourth-order valence-corrected chi connectivity index (χ4v) is 1.75. The van der Waals surface area contributed by atoms with E-state index in [2.05, 4.69) is 20.6 Å². The first-order valence-corrected chi connectivity index (χ1v) is 5.63. The average molecular weight is 265 g/mol. The van der Waals surface area contributed by atoms with Crippen molar-refractivity contribution in [3.63, 3.8) is 0 Å². The van der Waals surface area contributed by atoms with Gasteiger partial charge in [0.2, 0.25) is 0 Å². The molecule has 3 rings (SSSR count). The third-order valence-corrected chi connectivity index (χ3v) is 2.62. The molecule has 0 amide bonds. The van der Waals surface area contributed by atoms with Gasteiger partial charge in [-0.05, 0) is 0 Å². The van der Waals surface area contributed by atoms with E-state index in [1.54, 1.807) is 24.3 Å². The van der Waals surface area contributed by atoms with Crippen molar-refractivity contribution in [1.82, 2.24) is 30.0 Å². The number of benzene rings is 1. The lowest BCUT2D eigenvalue weighted by atomic mass is 10.1. The van der Waals surface area contributed by atoms with Crippen molar-refractivity contribution < 1.29 is 4.79 Å². The molecule has 0 aliphatic rings. The van der Waals surface area contributed by atoms with Crippen molar-refractivity contribution in [1.29, 1.82) is 5.26 Å². The fourth-order valence-electron chi connectivity index (χ4n) is 1.75. The molecule has 1 aromatic carbocycles. The minimum absolute atomic E-state index is 0.0738. The molecule has 96 valence electrons.